The third-order valence-corrected chi connectivity index (χ3v) is 2.64. The van der Waals surface area contributed by atoms with Crippen LogP contribution in [0.4, 0.5) is 5.95 Å². The van der Waals surface area contributed by atoms with Crippen LogP contribution in [0, 0.1) is 0 Å². The van der Waals surface area contributed by atoms with Gasteiger partial charge in [0, 0.05) is 5.92 Å². The molecular formula is C10H15N5O. The van der Waals surface area contributed by atoms with Crippen LogP contribution in [0.2, 0.25) is 0 Å². The van der Waals surface area contributed by atoms with Crippen molar-refractivity contribution in [3.05, 3.63) is 22.2 Å². The number of hydrogen-bond donors (Lipinski definition) is 2. The second-order valence-corrected chi connectivity index (χ2v) is 3.95. The molecule has 2 rings (SSSR count). The Labute approximate surface area is 92.5 Å². The zero-order valence-electron chi connectivity index (χ0n) is 9.40. The number of anilines is 1. The first-order valence-corrected chi connectivity index (χ1v) is 5.37. The highest BCUT2D eigenvalue weighted by Crippen LogP contribution is 2.19. The highest BCUT2D eigenvalue weighted by Gasteiger charge is 2.13. The first-order chi connectivity index (χ1) is 7.63. The van der Waals surface area contributed by atoms with Crippen molar-refractivity contribution in [3.63, 3.8) is 0 Å². The molecule has 0 spiro atoms. The van der Waals surface area contributed by atoms with Gasteiger partial charge in [-0.05, 0) is 6.42 Å². The molecule has 0 saturated heterocycles. The molecule has 0 amide bonds. The highest BCUT2D eigenvalue weighted by molar-refractivity contribution is 5.38. The van der Waals surface area contributed by atoms with Crippen molar-refractivity contribution in [1.82, 2.24) is 19.6 Å². The minimum Gasteiger partial charge on any atom is -0.368 e. The van der Waals surface area contributed by atoms with E-state index < -0.39 is 0 Å². The summed E-state index contributed by atoms with van der Waals surface area (Å²) >= 11 is 0. The Morgan fingerprint density at radius 2 is 2.38 bits per heavy atom. The highest BCUT2D eigenvalue weighted by atomic mass is 16.1. The molecule has 1 unspecified atom stereocenters. The molecular weight excluding hydrogens is 206 g/mol. The summed E-state index contributed by atoms with van der Waals surface area (Å²) in [6, 6.07) is 0. The Morgan fingerprint density at radius 3 is 3.06 bits per heavy atom. The van der Waals surface area contributed by atoms with Gasteiger partial charge in [0.05, 0.1) is 11.9 Å². The van der Waals surface area contributed by atoms with Crippen LogP contribution in [0.3, 0.4) is 0 Å². The maximum atomic E-state index is 11.5. The zero-order chi connectivity index (χ0) is 11.7. The van der Waals surface area contributed by atoms with Gasteiger partial charge in [0.1, 0.15) is 0 Å². The van der Waals surface area contributed by atoms with Crippen molar-refractivity contribution in [3.8, 4) is 0 Å². The Hall–Kier alpha value is -1.85. The third kappa shape index (κ3) is 1.66. The molecule has 0 saturated carbocycles. The molecule has 2 aromatic rings. The summed E-state index contributed by atoms with van der Waals surface area (Å²) in [4.78, 5) is 18.0. The number of nitrogens with two attached hydrogens (primary N) is 1. The second-order valence-electron chi connectivity index (χ2n) is 3.95. The number of nitrogens with one attached hydrogen (secondary N) is 1. The largest absolute Gasteiger partial charge is 0.368 e. The molecule has 3 N–H and O–H groups in total. The smallest absolute Gasteiger partial charge is 0.295 e. The lowest BCUT2D eigenvalue weighted by molar-refractivity contribution is 0.627. The van der Waals surface area contributed by atoms with Gasteiger partial charge in [-0.2, -0.15) is 0 Å². The summed E-state index contributed by atoms with van der Waals surface area (Å²) in [5.74, 6) is 0.425. The third-order valence-electron chi connectivity index (χ3n) is 2.64. The van der Waals surface area contributed by atoms with Crippen LogP contribution in [0.15, 0.2) is 11.0 Å². The van der Waals surface area contributed by atoms with Gasteiger partial charge < -0.3 is 5.73 Å². The van der Waals surface area contributed by atoms with E-state index in [0.29, 0.717) is 11.6 Å². The number of rotatable bonds is 3. The average molecular weight is 221 g/mol. The lowest BCUT2D eigenvalue weighted by Crippen LogP contribution is -2.17. The normalized spacial score (nSPS) is 13.1. The maximum absolute atomic E-state index is 11.5. The number of nitrogens with zero attached hydrogens (tertiary/aromatic N) is 3. The Morgan fingerprint density at radius 1 is 1.62 bits per heavy atom. The van der Waals surface area contributed by atoms with E-state index in [2.05, 4.69) is 28.9 Å². The van der Waals surface area contributed by atoms with E-state index >= 15 is 0 Å². The number of fused-ring (bicyclic) bond motifs is 1. The van der Waals surface area contributed by atoms with Gasteiger partial charge in [-0.25, -0.2) is 9.50 Å². The van der Waals surface area contributed by atoms with E-state index in [4.69, 9.17) is 5.73 Å². The van der Waals surface area contributed by atoms with Crippen LogP contribution in [-0.4, -0.2) is 19.6 Å². The van der Waals surface area contributed by atoms with Crippen molar-refractivity contribution in [2.24, 2.45) is 0 Å². The number of aromatic nitrogens is 4. The lowest BCUT2D eigenvalue weighted by Gasteiger charge is -2.08. The molecule has 0 aliphatic rings. The fraction of sp³-hybridized carbons (Fsp3) is 0.500. The standard InChI is InChI=1S/C10H15N5O/c1-3-4-6(2)7-5-12-8-9(16)13-10(11)14-15(7)8/h5-6H,3-4H2,1-2H3,(H3,11,13,14,16). The lowest BCUT2D eigenvalue weighted by atomic mass is 10.0. The van der Waals surface area contributed by atoms with Gasteiger partial charge in [-0.1, -0.05) is 20.3 Å². The Bertz CT molecular complexity index is 556. The SMILES string of the molecule is CCCC(C)c1cnc2c(=O)[nH]c(N)nn12. The number of hydrogen-bond acceptors (Lipinski definition) is 4. The first kappa shape index (κ1) is 10.7. The van der Waals surface area contributed by atoms with E-state index in [0.717, 1.165) is 18.5 Å². The van der Waals surface area contributed by atoms with E-state index in [9.17, 15) is 4.79 Å². The van der Waals surface area contributed by atoms with Crippen LogP contribution in [0.25, 0.3) is 5.65 Å². The predicted molar refractivity (Wildman–Crippen MR) is 61.3 cm³/mol. The van der Waals surface area contributed by atoms with Gasteiger partial charge in [-0.3, -0.25) is 9.78 Å². The fourth-order valence-electron chi connectivity index (χ4n) is 1.84. The minimum absolute atomic E-state index is 0.112. The van der Waals surface area contributed by atoms with Gasteiger partial charge in [0.2, 0.25) is 11.6 Å². The van der Waals surface area contributed by atoms with Crippen LogP contribution in [-0.2, 0) is 0 Å². The molecule has 1 atom stereocenters. The van der Waals surface area contributed by atoms with Crippen LogP contribution in [0.1, 0.15) is 38.3 Å². The van der Waals surface area contributed by atoms with E-state index in [1.807, 2.05) is 0 Å². The second kappa shape index (κ2) is 3.96. The molecule has 86 valence electrons. The first-order valence-electron chi connectivity index (χ1n) is 5.37. The summed E-state index contributed by atoms with van der Waals surface area (Å²) in [6.07, 6.45) is 3.80. The average Bonchev–Trinajstić information content (AvgIpc) is 2.61. The monoisotopic (exact) mass is 221 g/mol. The molecule has 6 nitrogen and oxygen atoms in total. The molecule has 2 heterocycles. The quantitative estimate of drug-likeness (QED) is 0.806. The van der Waals surface area contributed by atoms with Crippen molar-refractivity contribution < 1.29 is 0 Å². The summed E-state index contributed by atoms with van der Waals surface area (Å²) in [7, 11) is 0. The van der Waals surface area contributed by atoms with Crippen molar-refractivity contribution in [1.29, 1.82) is 0 Å². The maximum Gasteiger partial charge on any atom is 0.295 e. The number of H-pyrrole nitrogens is 1. The van der Waals surface area contributed by atoms with Crippen molar-refractivity contribution in [2.45, 2.75) is 32.6 Å². The van der Waals surface area contributed by atoms with Crippen molar-refractivity contribution >= 4 is 11.6 Å². The summed E-state index contributed by atoms with van der Waals surface area (Å²) in [5, 5.41) is 4.08. The van der Waals surface area contributed by atoms with E-state index in [-0.39, 0.29) is 11.5 Å². The van der Waals surface area contributed by atoms with Crippen LogP contribution in [0.5, 0.6) is 0 Å². The van der Waals surface area contributed by atoms with Gasteiger partial charge in [0.15, 0.2) is 0 Å². The molecule has 0 fully saturated rings. The number of nitrogen functional groups attached to an aromatic ring is 1. The molecule has 0 aromatic carbocycles. The molecule has 16 heavy (non-hydrogen) atoms. The Kier molecular flexibility index (Phi) is 2.64. The Balaban J connectivity index is 2.60. The predicted octanol–water partition coefficient (Wildman–Crippen LogP) is 0.903. The topological polar surface area (TPSA) is 89.1 Å². The molecule has 0 aliphatic heterocycles. The van der Waals surface area contributed by atoms with Crippen LogP contribution >= 0.6 is 0 Å². The fourth-order valence-corrected chi connectivity index (χ4v) is 1.84. The van der Waals surface area contributed by atoms with Gasteiger partial charge in [0.25, 0.3) is 5.56 Å². The summed E-state index contributed by atoms with van der Waals surface area (Å²) < 4.78 is 1.54. The zero-order valence-corrected chi connectivity index (χ0v) is 9.40. The number of imidazole rings is 1. The van der Waals surface area contributed by atoms with Gasteiger partial charge >= 0.3 is 0 Å². The molecule has 0 bridgehead atoms. The van der Waals surface area contributed by atoms with Crippen molar-refractivity contribution in [2.75, 3.05) is 5.73 Å². The van der Waals surface area contributed by atoms with Gasteiger partial charge in [-0.15, -0.1) is 5.10 Å². The molecule has 0 radical (unpaired) electrons. The van der Waals surface area contributed by atoms with E-state index in [1.54, 1.807) is 6.20 Å². The molecule has 2 aromatic heterocycles. The van der Waals surface area contributed by atoms with E-state index in [1.165, 1.54) is 4.52 Å². The molecule has 0 aliphatic carbocycles. The minimum atomic E-state index is -0.303. The number of aromatic amines is 1. The molecule has 6 heteroatoms. The van der Waals surface area contributed by atoms with Crippen LogP contribution < -0.4 is 11.3 Å². The summed E-state index contributed by atoms with van der Waals surface area (Å²) in [6.45, 7) is 4.21. The summed E-state index contributed by atoms with van der Waals surface area (Å²) in [5.41, 5.74) is 6.43.